The molecule has 0 aliphatic heterocycles. The molecular formula is C5H12N4S. The Bertz CT molecular complexity index is 139. The highest BCUT2D eigenvalue weighted by Crippen LogP contribution is 1.75. The smallest absolute Gasteiger partial charge is 0.196 e. The normalized spacial score (nSPS) is 8.50. The van der Waals surface area contributed by atoms with Crippen molar-refractivity contribution in [2.45, 2.75) is 13.3 Å². The van der Waals surface area contributed by atoms with Crippen LogP contribution in [0, 0.1) is 0 Å². The van der Waals surface area contributed by atoms with Crippen molar-refractivity contribution < 1.29 is 0 Å². The molecule has 0 amide bonds. The van der Waals surface area contributed by atoms with Gasteiger partial charge in [0.1, 0.15) is 0 Å². The first-order chi connectivity index (χ1) is 4.66. The topological polar surface area (TPSA) is 76.4 Å². The van der Waals surface area contributed by atoms with E-state index in [1.165, 1.54) is 0 Å². The van der Waals surface area contributed by atoms with Crippen LogP contribution in [0.3, 0.4) is 0 Å². The average molecular weight is 160 g/mol. The molecule has 0 unspecified atom stereocenters. The van der Waals surface area contributed by atoms with Gasteiger partial charge >= 0.3 is 0 Å². The maximum absolute atomic E-state index is 5.07. The molecule has 58 valence electrons. The Morgan fingerprint density at radius 1 is 1.60 bits per heavy atom. The molecular weight excluding hydrogens is 148 g/mol. The van der Waals surface area contributed by atoms with Crippen LogP contribution in [-0.2, 0) is 0 Å². The van der Waals surface area contributed by atoms with Gasteiger partial charge in [0.25, 0.3) is 0 Å². The molecule has 0 spiro atoms. The Morgan fingerprint density at radius 2 is 2.20 bits per heavy atom. The third kappa shape index (κ3) is 5.30. The number of thiocarbonyl (C=S) groups is 1. The third-order valence-electron chi connectivity index (χ3n) is 0.757. The Hall–Kier alpha value is -0.840. The van der Waals surface area contributed by atoms with E-state index in [0.717, 1.165) is 13.0 Å². The quantitative estimate of drug-likeness (QED) is 0.290. The lowest BCUT2D eigenvalue weighted by atomic mass is 10.5. The molecule has 0 fully saturated rings. The summed E-state index contributed by atoms with van der Waals surface area (Å²) in [5, 5.41) is 3.20. The molecule has 0 aliphatic rings. The summed E-state index contributed by atoms with van der Waals surface area (Å²) >= 11 is 4.74. The second-order valence-electron chi connectivity index (χ2n) is 1.77. The first-order valence-electron chi connectivity index (χ1n) is 3.04. The van der Waals surface area contributed by atoms with Crippen molar-refractivity contribution in [2.75, 3.05) is 6.54 Å². The zero-order valence-electron chi connectivity index (χ0n) is 5.92. The number of aliphatic imine (C=N–C) groups is 1. The van der Waals surface area contributed by atoms with Gasteiger partial charge in [0.05, 0.1) is 0 Å². The van der Waals surface area contributed by atoms with Gasteiger partial charge in [-0.25, -0.2) is 0 Å². The van der Waals surface area contributed by atoms with Crippen molar-refractivity contribution in [3.63, 3.8) is 0 Å². The standard InChI is InChI=1S/C5H12N4S/c1-2-3-8-5(10)9-4(6)7/h2-3H2,1H3,(H5,6,7,8,9,10). The van der Waals surface area contributed by atoms with Crippen molar-refractivity contribution in [1.29, 1.82) is 0 Å². The number of nitrogens with zero attached hydrogens (tertiary/aromatic N) is 1. The van der Waals surface area contributed by atoms with Gasteiger partial charge in [0.15, 0.2) is 11.1 Å². The highest BCUT2D eigenvalue weighted by atomic mass is 32.1. The van der Waals surface area contributed by atoms with E-state index >= 15 is 0 Å². The molecule has 0 aromatic rings. The van der Waals surface area contributed by atoms with Crippen molar-refractivity contribution in [1.82, 2.24) is 5.32 Å². The number of nitrogens with one attached hydrogen (secondary N) is 1. The summed E-state index contributed by atoms with van der Waals surface area (Å²) in [6.45, 7) is 2.83. The SMILES string of the molecule is CCCNC(=S)N=C(N)N. The van der Waals surface area contributed by atoms with E-state index in [1.54, 1.807) is 0 Å². The number of rotatable bonds is 2. The molecule has 5 N–H and O–H groups in total. The molecule has 5 heteroatoms. The lowest BCUT2D eigenvalue weighted by Gasteiger charge is -1.99. The molecule has 0 atom stereocenters. The average Bonchev–Trinajstić information content (AvgIpc) is 1.82. The zero-order chi connectivity index (χ0) is 7.98. The Kier molecular flexibility index (Phi) is 4.57. The molecule has 0 bridgehead atoms. The number of nitrogens with two attached hydrogens (primary N) is 2. The van der Waals surface area contributed by atoms with E-state index < -0.39 is 0 Å². The fraction of sp³-hybridized carbons (Fsp3) is 0.600. The molecule has 0 rings (SSSR count). The van der Waals surface area contributed by atoms with Crippen molar-refractivity contribution in [3.8, 4) is 0 Å². The van der Waals surface area contributed by atoms with E-state index in [-0.39, 0.29) is 5.96 Å². The van der Waals surface area contributed by atoms with Crippen LogP contribution in [0.4, 0.5) is 0 Å². The van der Waals surface area contributed by atoms with Crippen molar-refractivity contribution >= 4 is 23.3 Å². The van der Waals surface area contributed by atoms with Crippen LogP contribution in [0.1, 0.15) is 13.3 Å². The van der Waals surface area contributed by atoms with Crippen molar-refractivity contribution in [3.05, 3.63) is 0 Å². The largest absolute Gasteiger partial charge is 0.370 e. The second-order valence-corrected chi connectivity index (χ2v) is 2.16. The number of hydrogen-bond donors (Lipinski definition) is 3. The molecule has 10 heavy (non-hydrogen) atoms. The molecule has 0 heterocycles. The first-order valence-corrected chi connectivity index (χ1v) is 3.45. The summed E-state index contributed by atoms with van der Waals surface area (Å²) in [6.07, 6.45) is 1.00. The highest BCUT2D eigenvalue weighted by molar-refractivity contribution is 7.80. The van der Waals surface area contributed by atoms with Crippen LogP contribution in [0.2, 0.25) is 0 Å². The minimum Gasteiger partial charge on any atom is -0.370 e. The van der Waals surface area contributed by atoms with Crippen LogP contribution in [0.25, 0.3) is 0 Å². The monoisotopic (exact) mass is 160 g/mol. The molecule has 0 radical (unpaired) electrons. The molecule has 0 aromatic heterocycles. The minimum atomic E-state index is -0.00592. The molecule has 0 aliphatic carbocycles. The Labute approximate surface area is 65.7 Å². The van der Waals surface area contributed by atoms with Gasteiger partial charge in [-0.2, -0.15) is 4.99 Å². The highest BCUT2D eigenvalue weighted by Gasteiger charge is 1.89. The van der Waals surface area contributed by atoms with E-state index in [9.17, 15) is 0 Å². The van der Waals surface area contributed by atoms with Crippen LogP contribution >= 0.6 is 12.2 Å². The molecule has 0 saturated heterocycles. The Morgan fingerprint density at radius 3 is 2.60 bits per heavy atom. The van der Waals surface area contributed by atoms with Gasteiger partial charge in [-0.05, 0) is 18.6 Å². The summed E-state index contributed by atoms with van der Waals surface area (Å²) in [4.78, 5) is 3.61. The lowest BCUT2D eigenvalue weighted by molar-refractivity contribution is 0.843. The van der Waals surface area contributed by atoms with Crippen LogP contribution < -0.4 is 16.8 Å². The predicted octanol–water partition coefficient (Wildman–Crippen LogP) is -0.456. The predicted molar refractivity (Wildman–Crippen MR) is 46.7 cm³/mol. The van der Waals surface area contributed by atoms with Crippen LogP contribution in [-0.4, -0.2) is 17.6 Å². The van der Waals surface area contributed by atoms with Gasteiger partial charge in [-0.15, -0.1) is 0 Å². The first kappa shape index (κ1) is 9.16. The van der Waals surface area contributed by atoms with Crippen molar-refractivity contribution in [2.24, 2.45) is 16.5 Å². The van der Waals surface area contributed by atoms with Gasteiger partial charge < -0.3 is 16.8 Å². The number of hydrogen-bond acceptors (Lipinski definition) is 1. The second kappa shape index (κ2) is 4.99. The molecule has 0 saturated carbocycles. The van der Waals surface area contributed by atoms with Crippen LogP contribution in [0.15, 0.2) is 4.99 Å². The maximum Gasteiger partial charge on any atom is 0.196 e. The Balaban J connectivity index is 3.54. The van der Waals surface area contributed by atoms with Gasteiger partial charge in [-0.1, -0.05) is 6.92 Å². The maximum atomic E-state index is 5.07. The van der Waals surface area contributed by atoms with E-state index in [2.05, 4.69) is 10.3 Å². The fourth-order valence-electron chi connectivity index (χ4n) is 0.389. The lowest BCUT2D eigenvalue weighted by Crippen LogP contribution is -2.28. The minimum absolute atomic E-state index is 0.00592. The third-order valence-corrected chi connectivity index (χ3v) is 0.992. The molecule has 4 nitrogen and oxygen atoms in total. The summed E-state index contributed by atoms with van der Waals surface area (Å²) in [6, 6.07) is 0. The summed E-state index contributed by atoms with van der Waals surface area (Å²) in [7, 11) is 0. The van der Waals surface area contributed by atoms with Gasteiger partial charge in [-0.3, -0.25) is 0 Å². The summed E-state index contributed by atoms with van der Waals surface area (Å²) < 4.78 is 0. The fourth-order valence-corrected chi connectivity index (χ4v) is 0.596. The molecule has 0 aromatic carbocycles. The summed E-state index contributed by atoms with van der Waals surface area (Å²) in [5.74, 6) is -0.00592. The zero-order valence-corrected chi connectivity index (χ0v) is 6.74. The van der Waals surface area contributed by atoms with E-state index in [0.29, 0.717) is 5.11 Å². The summed E-state index contributed by atoms with van der Waals surface area (Å²) in [5.41, 5.74) is 10.1. The van der Waals surface area contributed by atoms with E-state index in [1.807, 2.05) is 6.92 Å². The van der Waals surface area contributed by atoms with E-state index in [4.69, 9.17) is 23.7 Å². The van der Waals surface area contributed by atoms with Gasteiger partial charge in [0.2, 0.25) is 0 Å². The van der Waals surface area contributed by atoms with Gasteiger partial charge in [0, 0.05) is 6.54 Å². The number of guanidine groups is 1. The van der Waals surface area contributed by atoms with Crippen LogP contribution in [0.5, 0.6) is 0 Å².